The van der Waals surface area contributed by atoms with Gasteiger partial charge in [-0.15, -0.1) is 10.2 Å². The maximum atomic E-state index is 12.0. The van der Waals surface area contributed by atoms with Crippen LogP contribution in [0.2, 0.25) is 0 Å². The highest BCUT2D eigenvalue weighted by molar-refractivity contribution is 7.98. The highest BCUT2D eigenvalue weighted by atomic mass is 32.2. The second-order valence-electron chi connectivity index (χ2n) is 6.84. The normalized spacial score (nSPS) is 11.0. The number of amides is 1. The molecule has 0 aliphatic carbocycles. The number of carbonyl (C=O) groups excluding carboxylic acids is 1. The first-order valence-corrected chi connectivity index (χ1v) is 10.2. The summed E-state index contributed by atoms with van der Waals surface area (Å²) >= 11 is 1.47. The second-order valence-corrected chi connectivity index (χ2v) is 7.84. The van der Waals surface area contributed by atoms with E-state index < -0.39 is 5.63 Å². The topological polar surface area (TPSA) is 103 Å². The van der Waals surface area contributed by atoms with Gasteiger partial charge >= 0.3 is 5.63 Å². The van der Waals surface area contributed by atoms with Crippen LogP contribution in [0.25, 0.3) is 16.8 Å². The van der Waals surface area contributed by atoms with E-state index in [-0.39, 0.29) is 5.91 Å². The van der Waals surface area contributed by atoms with Crippen LogP contribution in [0.1, 0.15) is 23.9 Å². The molecule has 8 nitrogen and oxygen atoms in total. The van der Waals surface area contributed by atoms with Crippen molar-refractivity contribution < 1.29 is 9.21 Å². The van der Waals surface area contributed by atoms with Crippen LogP contribution in [0.15, 0.2) is 56.7 Å². The van der Waals surface area contributed by atoms with Crippen molar-refractivity contribution in [1.82, 2.24) is 20.0 Å². The molecule has 0 saturated heterocycles. The van der Waals surface area contributed by atoms with Gasteiger partial charge < -0.3 is 9.73 Å². The molecule has 3 aromatic heterocycles. The largest absolute Gasteiger partial charge is 0.423 e. The number of aryl methyl sites for hydroxylation is 2. The molecule has 0 spiro atoms. The Morgan fingerprint density at radius 3 is 2.63 bits per heavy atom. The first-order chi connectivity index (χ1) is 14.4. The predicted octanol–water partition coefficient (Wildman–Crippen LogP) is 3.64. The number of thioether (sulfide) groups is 1. The molecule has 1 aromatic carbocycles. The first kappa shape index (κ1) is 19.8. The summed E-state index contributed by atoms with van der Waals surface area (Å²) in [5.74, 6) is 0.988. The Kier molecular flexibility index (Phi) is 5.37. The molecule has 0 radical (unpaired) electrons. The minimum absolute atomic E-state index is 0.189. The van der Waals surface area contributed by atoms with Crippen LogP contribution in [0.4, 0.5) is 5.69 Å². The average Bonchev–Trinajstić information content (AvgIpc) is 3.03. The lowest BCUT2D eigenvalue weighted by molar-refractivity contribution is -0.114. The minimum atomic E-state index is -0.441. The Hall–Kier alpha value is -3.46. The van der Waals surface area contributed by atoms with Crippen LogP contribution < -0.4 is 10.9 Å². The van der Waals surface area contributed by atoms with Crippen molar-refractivity contribution in [3.63, 3.8) is 0 Å². The number of rotatable bonds is 5. The maximum absolute atomic E-state index is 12.0. The van der Waals surface area contributed by atoms with Gasteiger partial charge in [0, 0.05) is 41.6 Å². The molecule has 0 aliphatic rings. The number of aromatic nitrogens is 4. The zero-order valence-corrected chi connectivity index (χ0v) is 17.5. The fraction of sp³-hybridized carbons (Fsp3) is 0.190. The molecule has 0 fully saturated rings. The van der Waals surface area contributed by atoms with Crippen LogP contribution >= 0.6 is 11.8 Å². The molecule has 0 atom stereocenters. The van der Waals surface area contributed by atoms with E-state index in [2.05, 4.69) is 20.6 Å². The highest BCUT2D eigenvalue weighted by Gasteiger charge is 2.10. The molecule has 4 aromatic rings. The van der Waals surface area contributed by atoms with Crippen molar-refractivity contribution in [2.75, 3.05) is 5.32 Å². The number of benzene rings is 1. The average molecular weight is 421 g/mol. The van der Waals surface area contributed by atoms with E-state index in [9.17, 15) is 9.59 Å². The summed E-state index contributed by atoms with van der Waals surface area (Å²) in [4.78, 5) is 23.2. The third kappa shape index (κ3) is 4.25. The zero-order valence-electron chi connectivity index (χ0n) is 16.7. The summed E-state index contributed by atoms with van der Waals surface area (Å²) in [6.07, 6.45) is 0. The standard InChI is InChI=1S/C21H19N5O3S/c1-12-8-13(2)26(25-12)19-6-7-20(24-23-19)30-11-15-9-21(28)29-18-10-16(22-14(3)27)4-5-17(15)18/h4-10H,11H2,1-3H3,(H,22,27). The summed E-state index contributed by atoms with van der Waals surface area (Å²) in [6, 6.07) is 12.5. The monoisotopic (exact) mass is 421 g/mol. The molecule has 4 rings (SSSR count). The Balaban J connectivity index is 1.55. The van der Waals surface area contributed by atoms with Gasteiger partial charge in [-0.2, -0.15) is 5.10 Å². The number of carbonyl (C=O) groups is 1. The zero-order chi connectivity index (χ0) is 21.3. The van der Waals surface area contributed by atoms with Gasteiger partial charge in [0.25, 0.3) is 0 Å². The molecule has 0 saturated carbocycles. The quantitative estimate of drug-likeness (QED) is 0.388. The maximum Gasteiger partial charge on any atom is 0.336 e. The molecule has 30 heavy (non-hydrogen) atoms. The minimum Gasteiger partial charge on any atom is -0.423 e. The second kappa shape index (κ2) is 8.11. The van der Waals surface area contributed by atoms with Gasteiger partial charge in [0.1, 0.15) is 10.6 Å². The summed E-state index contributed by atoms with van der Waals surface area (Å²) < 4.78 is 7.05. The summed E-state index contributed by atoms with van der Waals surface area (Å²) in [6.45, 7) is 5.32. The SMILES string of the molecule is CC(=O)Nc1ccc2c(CSc3ccc(-n4nc(C)cc4C)nn3)cc(=O)oc2c1. The molecule has 0 aliphatic heterocycles. The van der Waals surface area contributed by atoms with Crippen LogP contribution in [0.5, 0.6) is 0 Å². The molecule has 9 heteroatoms. The molecule has 0 bridgehead atoms. The number of nitrogens with one attached hydrogen (secondary N) is 1. The molecule has 0 unspecified atom stereocenters. The van der Waals surface area contributed by atoms with Crippen molar-refractivity contribution in [1.29, 1.82) is 0 Å². The summed E-state index contributed by atoms with van der Waals surface area (Å²) in [7, 11) is 0. The van der Waals surface area contributed by atoms with E-state index >= 15 is 0 Å². The Labute approximate surface area is 176 Å². The van der Waals surface area contributed by atoms with Crippen LogP contribution in [-0.2, 0) is 10.5 Å². The van der Waals surface area contributed by atoms with Gasteiger partial charge in [0.05, 0.1) is 5.69 Å². The molecule has 152 valence electrons. The molecular formula is C21H19N5O3S. The van der Waals surface area contributed by atoms with Gasteiger partial charge in [-0.3, -0.25) is 4.79 Å². The lowest BCUT2D eigenvalue weighted by Crippen LogP contribution is -2.06. The fourth-order valence-electron chi connectivity index (χ4n) is 3.15. The van der Waals surface area contributed by atoms with Gasteiger partial charge in [0.15, 0.2) is 5.82 Å². The van der Waals surface area contributed by atoms with Crippen molar-refractivity contribution in [2.24, 2.45) is 0 Å². The van der Waals surface area contributed by atoms with E-state index in [1.54, 1.807) is 16.8 Å². The van der Waals surface area contributed by atoms with Gasteiger partial charge in [-0.1, -0.05) is 11.8 Å². The number of anilines is 1. The molecule has 3 heterocycles. The Bertz CT molecular complexity index is 1290. The molecule has 1 amide bonds. The Morgan fingerprint density at radius 2 is 1.97 bits per heavy atom. The van der Waals surface area contributed by atoms with E-state index in [4.69, 9.17) is 4.42 Å². The van der Waals surface area contributed by atoms with E-state index in [1.807, 2.05) is 38.1 Å². The van der Waals surface area contributed by atoms with Crippen molar-refractivity contribution >= 4 is 34.3 Å². The number of nitrogens with zero attached hydrogens (tertiary/aromatic N) is 4. The van der Waals surface area contributed by atoms with Crippen molar-refractivity contribution in [2.45, 2.75) is 31.6 Å². The van der Waals surface area contributed by atoms with Gasteiger partial charge in [-0.25, -0.2) is 9.48 Å². The van der Waals surface area contributed by atoms with Crippen molar-refractivity contribution in [3.05, 3.63) is 69.8 Å². The smallest absolute Gasteiger partial charge is 0.336 e. The van der Waals surface area contributed by atoms with Crippen molar-refractivity contribution in [3.8, 4) is 5.82 Å². The van der Waals surface area contributed by atoms with Gasteiger partial charge in [0.2, 0.25) is 5.91 Å². The number of fused-ring (bicyclic) bond motifs is 1. The Morgan fingerprint density at radius 1 is 1.13 bits per heavy atom. The van der Waals surface area contributed by atoms with Crippen LogP contribution in [-0.4, -0.2) is 25.9 Å². The molecular weight excluding hydrogens is 402 g/mol. The third-order valence-electron chi connectivity index (χ3n) is 4.38. The summed E-state index contributed by atoms with van der Waals surface area (Å²) in [5, 5.41) is 17.2. The lowest BCUT2D eigenvalue weighted by Gasteiger charge is -2.08. The fourth-order valence-corrected chi connectivity index (χ4v) is 3.95. The summed E-state index contributed by atoms with van der Waals surface area (Å²) in [5.41, 5.74) is 3.30. The van der Waals surface area contributed by atoms with Crippen LogP contribution in [0.3, 0.4) is 0 Å². The van der Waals surface area contributed by atoms with E-state index in [0.29, 0.717) is 22.8 Å². The van der Waals surface area contributed by atoms with E-state index in [1.165, 1.54) is 24.8 Å². The van der Waals surface area contributed by atoms with E-state index in [0.717, 1.165) is 27.4 Å². The van der Waals surface area contributed by atoms with Crippen LogP contribution in [0, 0.1) is 13.8 Å². The molecule has 1 N–H and O–H groups in total. The highest BCUT2D eigenvalue weighted by Crippen LogP contribution is 2.27. The third-order valence-corrected chi connectivity index (χ3v) is 5.35. The lowest BCUT2D eigenvalue weighted by atomic mass is 10.1. The first-order valence-electron chi connectivity index (χ1n) is 9.23. The number of hydrogen-bond donors (Lipinski definition) is 1. The van der Waals surface area contributed by atoms with Gasteiger partial charge in [-0.05, 0) is 49.7 Å². The predicted molar refractivity (Wildman–Crippen MR) is 115 cm³/mol. The number of hydrogen-bond acceptors (Lipinski definition) is 7.